The number of pyridine rings is 1. The van der Waals surface area contributed by atoms with Gasteiger partial charge in [0.2, 0.25) is 0 Å². The Morgan fingerprint density at radius 2 is 2.12 bits per heavy atom. The van der Waals surface area contributed by atoms with Gasteiger partial charge in [0.25, 0.3) is 0 Å². The normalized spacial score (nSPS) is 17.5. The van der Waals surface area contributed by atoms with E-state index in [0.29, 0.717) is 5.56 Å². The number of aromatic nitrogens is 1. The minimum absolute atomic E-state index is 0.0551. The van der Waals surface area contributed by atoms with Gasteiger partial charge in [-0.15, -0.1) is 0 Å². The van der Waals surface area contributed by atoms with Crippen molar-refractivity contribution in [2.75, 3.05) is 18.0 Å². The van der Waals surface area contributed by atoms with E-state index in [2.05, 4.69) is 9.88 Å². The number of nitrogens with zero attached hydrogens (tertiary/aromatic N) is 2. The zero-order valence-electron chi connectivity index (χ0n) is 9.52. The number of ketones is 1. The number of rotatable bonds is 3. The lowest BCUT2D eigenvalue weighted by molar-refractivity contribution is 0.0967. The van der Waals surface area contributed by atoms with Crippen molar-refractivity contribution in [1.29, 1.82) is 0 Å². The summed E-state index contributed by atoms with van der Waals surface area (Å²) in [6.07, 6.45) is 4.07. The minimum atomic E-state index is -0.459. The highest BCUT2D eigenvalue weighted by atomic mass is 16.1. The third kappa shape index (κ3) is 2.22. The van der Waals surface area contributed by atoms with E-state index in [1.165, 1.54) is 12.8 Å². The maximum Gasteiger partial charge on any atom is 0.180 e. The summed E-state index contributed by atoms with van der Waals surface area (Å²) in [6.45, 7) is 3.82. The third-order valence-corrected chi connectivity index (χ3v) is 2.88. The summed E-state index contributed by atoms with van der Waals surface area (Å²) >= 11 is 0. The van der Waals surface area contributed by atoms with Gasteiger partial charge in [-0.05, 0) is 31.9 Å². The van der Waals surface area contributed by atoms with Crippen LogP contribution in [0.3, 0.4) is 0 Å². The van der Waals surface area contributed by atoms with E-state index in [9.17, 15) is 4.79 Å². The van der Waals surface area contributed by atoms with E-state index < -0.39 is 6.04 Å². The molecular weight excluding hydrogens is 202 g/mol. The molecular formula is C12H17N3O. The minimum Gasteiger partial charge on any atom is -0.357 e. The molecule has 1 aromatic rings. The van der Waals surface area contributed by atoms with Crippen molar-refractivity contribution in [3.63, 3.8) is 0 Å². The van der Waals surface area contributed by atoms with Crippen LogP contribution in [0.1, 0.15) is 30.1 Å². The highest BCUT2D eigenvalue weighted by Gasteiger charge is 2.15. The second kappa shape index (κ2) is 4.61. The van der Waals surface area contributed by atoms with E-state index in [1.54, 1.807) is 13.1 Å². The molecule has 4 nitrogen and oxygen atoms in total. The molecule has 0 aromatic carbocycles. The molecule has 0 radical (unpaired) electrons. The van der Waals surface area contributed by atoms with Crippen molar-refractivity contribution < 1.29 is 4.79 Å². The van der Waals surface area contributed by atoms with Crippen LogP contribution in [-0.4, -0.2) is 29.9 Å². The monoisotopic (exact) mass is 219 g/mol. The molecule has 0 saturated carbocycles. The average molecular weight is 219 g/mol. The quantitative estimate of drug-likeness (QED) is 0.776. The zero-order valence-corrected chi connectivity index (χ0v) is 9.52. The van der Waals surface area contributed by atoms with Crippen molar-refractivity contribution in [3.8, 4) is 0 Å². The van der Waals surface area contributed by atoms with E-state index in [1.807, 2.05) is 12.1 Å². The SMILES string of the molecule is CC(N)C(=O)c1ccc(N2CCCC2)nc1. The molecule has 0 aliphatic carbocycles. The first-order valence-corrected chi connectivity index (χ1v) is 5.69. The van der Waals surface area contributed by atoms with Gasteiger partial charge in [0, 0.05) is 24.8 Å². The van der Waals surface area contributed by atoms with E-state index in [0.717, 1.165) is 18.9 Å². The van der Waals surface area contributed by atoms with Gasteiger partial charge < -0.3 is 10.6 Å². The van der Waals surface area contributed by atoms with Crippen LogP contribution in [0, 0.1) is 0 Å². The van der Waals surface area contributed by atoms with Gasteiger partial charge >= 0.3 is 0 Å². The van der Waals surface area contributed by atoms with Crippen molar-refractivity contribution in [2.24, 2.45) is 5.73 Å². The lowest BCUT2D eigenvalue weighted by Crippen LogP contribution is -2.27. The van der Waals surface area contributed by atoms with Crippen LogP contribution in [0.5, 0.6) is 0 Å². The van der Waals surface area contributed by atoms with Crippen LogP contribution in [0.4, 0.5) is 5.82 Å². The molecule has 2 N–H and O–H groups in total. The molecule has 1 saturated heterocycles. The number of hydrogen-bond donors (Lipinski definition) is 1. The van der Waals surface area contributed by atoms with E-state index in [-0.39, 0.29) is 5.78 Å². The third-order valence-electron chi connectivity index (χ3n) is 2.88. The zero-order chi connectivity index (χ0) is 11.5. The van der Waals surface area contributed by atoms with Gasteiger partial charge in [-0.2, -0.15) is 0 Å². The first kappa shape index (κ1) is 11.1. The van der Waals surface area contributed by atoms with Crippen molar-refractivity contribution >= 4 is 11.6 Å². The fourth-order valence-corrected chi connectivity index (χ4v) is 1.93. The van der Waals surface area contributed by atoms with Crippen LogP contribution in [0.15, 0.2) is 18.3 Å². The summed E-state index contributed by atoms with van der Waals surface area (Å²) in [5.74, 6) is 0.902. The van der Waals surface area contributed by atoms with Crippen LogP contribution >= 0.6 is 0 Å². The number of carbonyl (C=O) groups is 1. The Hall–Kier alpha value is -1.42. The van der Waals surface area contributed by atoms with E-state index >= 15 is 0 Å². The number of hydrogen-bond acceptors (Lipinski definition) is 4. The fourth-order valence-electron chi connectivity index (χ4n) is 1.93. The Kier molecular flexibility index (Phi) is 3.19. The molecule has 1 unspecified atom stereocenters. The molecule has 1 atom stereocenters. The summed E-state index contributed by atoms with van der Waals surface area (Å²) in [5.41, 5.74) is 6.14. The van der Waals surface area contributed by atoms with Gasteiger partial charge in [0.1, 0.15) is 5.82 Å². The van der Waals surface area contributed by atoms with Gasteiger partial charge in [-0.1, -0.05) is 0 Å². The van der Waals surface area contributed by atoms with Crippen molar-refractivity contribution in [3.05, 3.63) is 23.9 Å². The van der Waals surface area contributed by atoms with Gasteiger partial charge in [0.15, 0.2) is 5.78 Å². The highest BCUT2D eigenvalue weighted by Crippen LogP contribution is 2.17. The summed E-state index contributed by atoms with van der Waals surface area (Å²) in [5, 5.41) is 0. The summed E-state index contributed by atoms with van der Waals surface area (Å²) < 4.78 is 0. The summed E-state index contributed by atoms with van der Waals surface area (Å²) in [4.78, 5) is 18.1. The first-order chi connectivity index (χ1) is 7.68. The number of carbonyl (C=O) groups excluding carboxylic acids is 1. The molecule has 0 amide bonds. The second-order valence-electron chi connectivity index (χ2n) is 4.25. The summed E-state index contributed by atoms with van der Waals surface area (Å²) in [7, 11) is 0. The molecule has 0 bridgehead atoms. The van der Waals surface area contributed by atoms with Crippen LogP contribution in [0.25, 0.3) is 0 Å². The van der Waals surface area contributed by atoms with Crippen molar-refractivity contribution in [1.82, 2.24) is 4.98 Å². The number of nitrogens with two attached hydrogens (primary N) is 1. The smallest absolute Gasteiger partial charge is 0.180 e. The Morgan fingerprint density at radius 3 is 2.62 bits per heavy atom. The topological polar surface area (TPSA) is 59.2 Å². The molecule has 1 aliphatic rings. The molecule has 86 valence electrons. The van der Waals surface area contributed by atoms with Gasteiger partial charge in [0.05, 0.1) is 6.04 Å². The Balaban J connectivity index is 2.12. The van der Waals surface area contributed by atoms with Gasteiger partial charge in [-0.25, -0.2) is 4.98 Å². The molecule has 1 fully saturated rings. The molecule has 1 aliphatic heterocycles. The lowest BCUT2D eigenvalue weighted by Gasteiger charge is -2.16. The lowest BCUT2D eigenvalue weighted by atomic mass is 10.1. The van der Waals surface area contributed by atoms with Crippen LogP contribution < -0.4 is 10.6 Å². The Morgan fingerprint density at radius 1 is 1.44 bits per heavy atom. The second-order valence-corrected chi connectivity index (χ2v) is 4.25. The molecule has 16 heavy (non-hydrogen) atoms. The maximum atomic E-state index is 11.6. The number of Topliss-reactive ketones (excluding diaryl/α,β-unsaturated/α-hetero) is 1. The maximum absolute atomic E-state index is 11.6. The molecule has 0 spiro atoms. The van der Waals surface area contributed by atoms with E-state index in [4.69, 9.17) is 5.73 Å². The predicted octanol–water partition coefficient (Wildman–Crippen LogP) is 1.21. The molecule has 4 heteroatoms. The van der Waals surface area contributed by atoms with Crippen LogP contribution in [-0.2, 0) is 0 Å². The molecule has 2 heterocycles. The summed E-state index contributed by atoms with van der Waals surface area (Å²) in [6, 6.07) is 3.26. The average Bonchev–Trinajstić information content (AvgIpc) is 2.81. The standard InChI is InChI=1S/C12H17N3O/c1-9(13)12(16)10-4-5-11(14-8-10)15-6-2-3-7-15/h4-5,8-9H,2-3,6-7,13H2,1H3. The van der Waals surface area contributed by atoms with Crippen molar-refractivity contribution in [2.45, 2.75) is 25.8 Å². The first-order valence-electron chi connectivity index (χ1n) is 5.69. The predicted molar refractivity (Wildman–Crippen MR) is 63.7 cm³/mol. The van der Waals surface area contributed by atoms with Gasteiger partial charge in [-0.3, -0.25) is 4.79 Å². The molecule has 2 rings (SSSR count). The Labute approximate surface area is 95.5 Å². The number of anilines is 1. The van der Waals surface area contributed by atoms with Crippen LogP contribution in [0.2, 0.25) is 0 Å². The Bertz CT molecular complexity index is 366. The molecule has 1 aromatic heterocycles. The highest BCUT2D eigenvalue weighted by molar-refractivity contribution is 5.99. The fraction of sp³-hybridized carbons (Fsp3) is 0.500. The largest absolute Gasteiger partial charge is 0.357 e.